The second-order valence-corrected chi connectivity index (χ2v) is 10.2. The zero-order chi connectivity index (χ0) is 25.5. The number of ether oxygens (including phenoxy) is 5. The third kappa shape index (κ3) is 4.61. The van der Waals surface area contributed by atoms with Crippen LogP contribution in [0.3, 0.4) is 0 Å². The maximum absolute atomic E-state index is 13.3. The fourth-order valence-electron chi connectivity index (χ4n) is 6.48. The van der Waals surface area contributed by atoms with E-state index in [-0.39, 0.29) is 48.8 Å². The molecule has 206 valence electrons. The number of carbonyl (C=O) groups is 1. The van der Waals surface area contributed by atoms with Gasteiger partial charge in [0.1, 0.15) is 0 Å². The molecule has 2 fully saturated rings. The zero-order valence-electron chi connectivity index (χ0n) is 21.7. The van der Waals surface area contributed by atoms with Crippen molar-refractivity contribution in [2.75, 3.05) is 53.8 Å². The predicted octanol–water partition coefficient (Wildman–Crippen LogP) is 3.61. The molecule has 0 bridgehead atoms. The number of cyclic esters (lactones) is 1. The van der Waals surface area contributed by atoms with Crippen molar-refractivity contribution in [3.63, 3.8) is 0 Å². The van der Waals surface area contributed by atoms with Crippen molar-refractivity contribution in [2.24, 2.45) is 11.8 Å². The summed E-state index contributed by atoms with van der Waals surface area (Å²) >= 11 is 0. The van der Waals surface area contributed by atoms with E-state index in [9.17, 15) is 9.90 Å². The number of halogens is 1. The SMILES string of the molecule is COc1cc([C@H]2c3cc4c(cc3[C@@H](NCCN3CCCCC3)C3COC(=O)[C@@H]32)OCO4)cc(OC)c1O.Cl. The van der Waals surface area contributed by atoms with Crippen molar-refractivity contribution in [1.29, 1.82) is 0 Å². The number of nitrogens with zero attached hydrogens (tertiary/aromatic N) is 1. The maximum atomic E-state index is 13.3. The molecule has 4 aliphatic rings. The van der Waals surface area contributed by atoms with Crippen LogP contribution in [0.2, 0.25) is 0 Å². The number of piperidine rings is 1. The number of esters is 1. The van der Waals surface area contributed by atoms with Crippen LogP contribution in [0.25, 0.3) is 0 Å². The van der Waals surface area contributed by atoms with Crippen LogP contribution < -0.4 is 24.3 Å². The van der Waals surface area contributed by atoms with Gasteiger partial charge >= 0.3 is 5.97 Å². The highest BCUT2D eigenvalue weighted by molar-refractivity contribution is 5.85. The summed E-state index contributed by atoms with van der Waals surface area (Å²) in [6.45, 7) is 4.59. The number of methoxy groups -OCH3 is 2. The topological polar surface area (TPSA) is 98.7 Å². The van der Waals surface area contributed by atoms with Crippen LogP contribution in [-0.4, -0.2) is 69.8 Å². The Labute approximate surface area is 228 Å². The molecule has 6 rings (SSSR count). The molecule has 2 aromatic rings. The lowest BCUT2D eigenvalue weighted by Gasteiger charge is -2.40. The lowest BCUT2D eigenvalue weighted by molar-refractivity contribution is -0.141. The van der Waals surface area contributed by atoms with E-state index < -0.39 is 5.92 Å². The van der Waals surface area contributed by atoms with Crippen molar-refractivity contribution in [2.45, 2.75) is 31.2 Å². The smallest absolute Gasteiger partial charge is 0.310 e. The van der Waals surface area contributed by atoms with E-state index in [2.05, 4.69) is 16.3 Å². The molecule has 0 spiro atoms. The van der Waals surface area contributed by atoms with Crippen LogP contribution in [0.1, 0.15) is 47.9 Å². The van der Waals surface area contributed by atoms with Gasteiger partial charge in [-0.2, -0.15) is 0 Å². The van der Waals surface area contributed by atoms with E-state index in [0.717, 1.165) is 42.9 Å². The normalized spacial score (nSPS) is 25.7. The summed E-state index contributed by atoms with van der Waals surface area (Å²) in [7, 11) is 3.00. The maximum Gasteiger partial charge on any atom is 0.310 e. The predicted molar refractivity (Wildman–Crippen MR) is 142 cm³/mol. The standard InChI is InChI=1S/C28H34N2O7.ClH/c1-33-22-10-16(11-23(34-2)27(22)31)24-17-12-20-21(37-15-36-20)13-18(17)26(19-14-35-28(32)25(19)24)29-6-9-30-7-4-3-5-8-30;/h10-13,19,24-26,29,31H,3-9,14-15H2,1-2H3;1H/t19?,24-,25-,26+;/m0./s1. The summed E-state index contributed by atoms with van der Waals surface area (Å²) in [5.74, 6) is 0.890. The van der Waals surface area contributed by atoms with Crippen molar-refractivity contribution in [1.82, 2.24) is 10.2 Å². The van der Waals surface area contributed by atoms with Crippen LogP contribution in [0, 0.1) is 11.8 Å². The highest BCUT2D eigenvalue weighted by Gasteiger charge is 2.52. The summed E-state index contributed by atoms with van der Waals surface area (Å²) < 4.78 is 28.1. The van der Waals surface area contributed by atoms with Crippen LogP contribution >= 0.6 is 12.4 Å². The van der Waals surface area contributed by atoms with Gasteiger partial charge in [0.05, 0.1) is 26.7 Å². The number of nitrogens with one attached hydrogen (secondary N) is 1. The number of benzene rings is 2. The molecule has 3 heterocycles. The largest absolute Gasteiger partial charge is 0.502 e. The second-order valence-electron chi connectivity index (χ2n) is 10.2. The van der Waals surface area contributed by atoms with Gasteiger partial charge in [0.25, 0.3) is 0 Å². The van der Waals surface area contributed by atoms with E-state index in [1.807, 2.05) is 6.07 Å². The quantitative estimate of drug-likeness (QED) is 0.504. The fourth-order valence-corrected chi connectivity index (χ4v) is 6.48. The van der Waals surface area contributed by atoms with E-state index in [4.69, 9.17) is 23.7 Å². The Bertz CT molecular complexity index is 1160. The number of carbonyl (C=O) groups excluding carboxylic acids is 1. The van der Waals surface area contributed by atoms with Crippen molar-refractivity contribution in [3.8, 4) is 28.7 Å². The van der Waals surface area contributed by atoms with Gasteiger partial charge in [0.2, 0.25) is 12.5 Å². The number of hydrogen-bond donors (Lipinski definition) is 2. The molecule has 0 saturated carbocycles. The van der Waals surface area contributed by atoms with Gasteiger partial charge in [0, 0.05) is 31.0 Å². The molecular formula is C28H35ClN2O7. The van der Waals surface area contributed by atoms with Gasteiger partial charge in [-0.3, -0.25) is 4.79 Å². The molecule has 10 heteroatoms. The Balaban J connectivity index is 0.00000294. The molecular weight excluding hydrogens is 512 g/mol. The minimum absolute atomic E-state index is 0. The molecule has 1 unspecified atom stereocenters. The molecule has 1 aliphatic carbocycles. The summed E-state index contributed by atoms with van der Waals surface area (Å²) in [4.78, 5) is 15.8. The lowest BCUT2D eigenvalue weighted by atomic mass is 9.65. The highest BCUT2D eigenvalue weighted by Crippen LogP contribution is 2.55. The molecule has 38 heavy (non-hydrogen) atoms. The number of phenols is 1. The van der Waals surface area contributed by atoms with Gasteiger partial charge < -0.3 is 39.0 Å². The van der Waals surface area contributed by atoms with Crippen LogP contribution in [0.5, 0.6) is 28.7 Å². The molecule has 3 aliphatic heterocycles. The number of aromatic hydroxyl groups is 1. The minimum atomic E-state index is -0.403. The van der Waals surface area contributed by atoms with Gasteiger partial charge in [-0.15, -0.1) is 12.4 Å². The Morgan fingerprint density at radius 2 is 1.63 bits per heavy atom. The monoisotopic (exact) mass is 546 g/mol. The van der Waals surface area contributed by atoms with Gasteiger partial charge in [0.15, 0.2) is 23.0 Å². The minimum Gasteiger partial charge on any atom is -0.502 e. The van der Waals surface area contributed by atoms with Gasteiger partial charge in [-0.1, -0.05) is 6.42 Å². The van der Waals surface area contributed by atoms with Crippen molar-refractivity contribution >= 4 is 18.4 Å². The Morgan fingerprint density at radius 1 is 0.974 bits per heavy atom. The van der Waals surface area contributed by atoms with Crippen LogP contribution in [-0.2, 0) is 9.53 Å². The van der Waals surface area contributed by atoms with Crippen molar-refractivity contribution in [3.05, 3.63) is 41.0 Å². The summed E-state index contributed by atoms with van der Waals surface area (Å²) in [5.41, 5.74) is 2.88. The second kappa shape index (κ2) is 11.1. The first-order valence-electron chi connectivity index (χ1n) is 13.1. The third-order valence-electron chi connectivity index (χ3n) is 8.29. The number of hydrogen-bond acceptors (Lipinski definition) is 9. The number of rotatable bonds is 7. The zero-order valence-corrected chi connectivity index (χ0v) is 22.6. The Hall–Kier alpha value is -2.88. The van der Waals surface area contributed by atoms with Gasteiger partial charge in [-0.25, -0.2) is 0 Å². The first-order chi connectivity index (χ1) is 18.1. The Morgan fingerprint density at radius 3 is 2.29 bits per heavy atom. The fraction of sp³-hybridized carbons (Fsp3) is 0.536. The Kier molecular flexibility index (Phi) is 7.79. The molecule has 2 saturated heterocycles. The molecule has 0 radical (unpaired) electrons. The third-order valence-corrected chi connectivity index (χ3v) is 8.29. The molecule has 2 N–H and O–H groups in total. The molecule has 9 nitrogen and oxygen atoms in total. The highest BCUT2D eigenvalue weighted by atomic mass is 35.5. The average molecular weight is 547 g/mol. The van der Waals surface area contributed by atoms with Crippen LogP contribution in [0.15, 0.2) is 24.3 Å². The number of phenolic OH excluding ortho intramolecular Hbond substituents is 1. The summed E-state index contributed by atoms with van der Waals surface area (Å²) in [6.07, 6.45) is 3.82. The van der Waals surface area contributed by atoms with Gasteiger partial charge in [-0.05, 0) is 66.9 Å². The first-order valence-corrected chi connectivity index (χ1v) is 13.1. The average Bonchev–Trinajstić information content (AvgIpc) is 3.54. The van der Waals surface area contributed by atoms with E-state index in [1.165, 1.54) is 33.5 Å². The van der Waals surface area contributed by atoms with E-state index in [0.29, 0.717) is 29.6 Å². The molecule has 4 atom stereocenters. The van der Waals surface area contributed by atoms with E-state index in [1.54, 1.807) is 12.1 Å². The first kappa shape index (κ1) is 26.7. The summed E-state index contributed by atoms with van der Waals surface area (Å²) in [5, 5.41) is 14.3. The number of fused-ring (bicyclic) bond motifs is 3. The molecule has 0 aromatic heterocycles. The van der Waals surface area contributed by atoms with Crippen molar-refractivity contribution < 1.29 is 33.6 Å². The van der Waals surface area contributed by atoms with E-state index >= 15 is 0 Å². The lowest BCUT2D eigenvalue weighted by Crippen LogP contribution is -2.43. The molecule has 0 amide bonds. The van der Waals surface area contributed by atoms with Crippen LogP contribution in [0.4, 0.5) is 0 Å². The summed E-state index contributed by atoms with van der Waals surface area (Å²) in [6, 6.07) is 7.54. The number of likely N-dealkylation sites (tertiary alicyclic amines) is 1. The molecule has 2 aromatic carbocycles.